The third-order valence-electron chi connectivity index (χ3n) is 7.38. The summed E-state index contributed by atoms with van der Waals surface area (Å²) < 4.78 is 24.1. The molecule has 0 bridgehead atoms. The van der Waals surface area contributed by atoms with E-state index in [2.05, 4.69) is 39.0 Å². The predicted molar refractivity (Wildman–Crippen MR) is 146 cm³/mol. The molecule has 0 saturated carbocycles. The summed E-state index contributed by atoms with van der Waals surface area (Å²) in [6, 6.07) is 14.2. The number of carbonyl (C=O) groups excluding carboxylic acids is 1. The number of amides is 1. The quantitative estimate of drug-likeness (QED) is 0.470. The molecule has 0 aromatic heterocycles. The van der Waals surface area contributed by atoms with Gasteiger partial charge in [0.1, 0.15) is 0 Å². The summed E-state index contributed by atoms with van der Waals surface area (Å²) in [6.07, 6.45) is 2.80. The number of halogens is 1. The Morgan fingerprint density at radius 1 is 1.08 bits per heavy atom. The SMILES string of the molecule is CCO[C@@H]1OC(C(=O)N2CCN(Cc3ccc4c(c3)OCO4)CC2)=C[C@H](c2ccc(Br)cc2)[C@@H]1CCCO. The van der Waals surface area contributed by atoms with Crippen molar-refractivity contribution in [3.8, 4) is 11.5 Å². The molecule has 3 aliphatic rings. The minimum Gasteiger partial charge on any atom is -0.459 e. The minimum atomic E-state index is -0.545. The Labute approximate surface area is 232 Å². The second-order valence-electron chi connectivity index (χ2n) is 9.84. The highest BCUT2D eigenvalue weighted by Gasteiger charge is 2.39. The first-order chi connectivity index (χ1) is 18.6. The molecule has 3 aliphatic heterocycles. The van der Waals surface area contributed by atoms with E-state index in [1.54, 1.807) is 0 Å². The average molecular weight is 588 g/mol. The van der Waals surface area contributed by atoms with Gasteiger partial charge in [-0.15, -0.1) is 0 Å². The first-order valence-electron chi connectivity index (χ1n) is 13.3. The van der Waals surface area contributed by atoms with Crippen LogP contribution in [0.15, 0.2) is 58.8 Å². The van der Waals surface area contributed by atoms with Crippen LogP contribution in [-0.4, -0.2) is 73.3 Å². The van der Waals surface area contributed by atoms with Crippen molar-refractivity contribution < 1.29 is 28.8 Å². The Hall–Kier alpha value is -2.59. The van der Waals surface area contributed by atoms with Crippen molar-refractivity contribution in [2.75, 3.05) is 46.2 Å². The number of nitrogens with zero attached hydrogens (tertiary/aromatic N) is 2. The third-order valence-corrected chi connectivity index (χ3v) is 7.91. The van der Waals surface area contributed by atoms with Crippen LogP contribution in [0, 0.1) is 5.92 Å². The molecule has 2 aromatic carbocycles. The molecule has 3 atom stereocenters. The summed E-state index contributed by atoms with van der Waals surface area (Å²) in [5.74, 6) is 1.78. The molecule has 3 heterocycles. The van der Waals surface area contributed by atoms with Crippen molar-refractivity contribution in [2.24, 2.45) is 5.92 Å². The number of allylic oxidation sites excluding steroid dienone is 1. The number of piperazine rings is 1. The molecule has 2 aromatic rings. The Kier molecular flexibility index (Phi) is 8.89. The highest BCUT2D eigenvalue weighted by Crippen LogP contribution is 2.40. The van der Waals surface area contributed by atoms with E-state index in [1.165, 1.54) is 0 Å². The molecular formula is C29H35BrN2O6. The molecular weight excluding hydrogens is 552 g/mol. The van der Waals surface area contributed by atoms with Gasteiger partial charge in [-0.1, -0.05) is 34.1 Å². The lowest BCUT2D eigenvalue weighted by molar-refractivity contribution is -0.171. The molecule has 38 heavy (non-hydrogen) atoms. The largest absolute Gasteiger partial charge is 0.459 e. The van der Waals surface area contributed by atoms with Crippen molar-refractivity contribution in [2.45, 2.75) is 38.5 Å². The zero-order chi connectivity index (χ0) is 26.5. The van der Waals surface area contributed by atoms with Gasteiger partial charge < -0.3 is 29.0 Å². The highest BCUT2D eigenvalue weighted by molar-refractivity contribution is 9.10. The molecule has 1 saturated heterocycles. The lowest BCUT2D eigenvalue weighted by Crippen LogP contribution is -2.49. The Balaban J connectivity index is 1.28. The number of carbonyl (C=O) groups is 1. The predicted octanol–water partition coefficient (Wildman–Crippen LogP) is 4.27. The molecule has 1 amide bonds. The molecule has 1 fully saturated rings. The fourth-order valence-electron chi connectivity index (χ4n) is 5.38. The summed E-state index contributed by atoms with van der Waals surface area (Å²) >= 11 is 3.51. The maximum atomic E-state index is 13.6. The summed E-state index contributed by atoms with van der Waals surface area (Å²) in [5.41, 5.74) is 2.26. The van der Waals surface area contributed by atoms with E-state index in [4.69, 9.17) is 18.9 Å². The van der Waals surface area contributed by atoms with Gasteiger partial charge in [0.2, 0.25) is 13.1 Å². The molecule has 5 rings (SSSR count). The van der Waals surface area contributed by atoms with Crippen LogP contribution in [0.2, 0.25) is 0 Å². The molecule has 0 radical (unpaired) electrons. The molecule has 1 N–H and O–H groups in total. The number of benzene rings is 2. The first-order valence-corrected chi connectivity index (χ1v) is 14.1. The number of hydrogen-bond donors (Lipinski definition) is 1. The summed E-state index contributed by atoms with van der Waals surface area (Å²) in [5, 5.41) is 9.49. The maximum absolute atomic E-state index is 13.6. The van der Waals surface area contributed by atoms with Crippen LogP contribution >= 0.6 is 15.9 Å². The van der Waals surface area contributed by atoms with Crippen molar-refractivity contribution in [3.05, 3.63) is 69.9 Å². The highest BCUT2D eigenvalue weighted by atomic mass is 79.9. The monoisotopic (exact) mass is 586 g/mol. The minimum absolute atomic E-state index is 0.00151. The summed E-state index contributed by atoms with van der Waals surface area (Å²) in [4.78, 5) is 17.8. The van der Waals surface area contributed by atoms with Crippen LogP contribution < -0.4 is 9.47 Å². The van der Waals surface area contributed by atoms with Gasteiger partial charge in [-0.2, -0.15) is 0 Å². The van der Waals surface area contributed by atoms with E-state index in [1.807, 2.05) is 42.2 Å². The fourth-order valence-corrected chi connectivity index (χ4v) is 5.65. The van der Waals surface area contributed by atoms with Crippen LogP contribution in [0.5, 0.6) is 11.5 Å². The second kappa shape index (κ2) is 12.5. The number of ether oxygens (including phenoxy) is 4. The van der Waals surface area contributed by atoms with E-state index in [0.29, 0.717) is 31.9 Å². The Morgan fingerprint density at radius 3 is 2.58 bits per heavy atom. The van der Waals surface area contributed by atoms with Crippen molar-refractivity contribution in [1.82, 2.24) is 9.80 Å². The van der Waals surface area contributed by atoms with Crippen molar-refractivity contribution in [1.29, 1.82) is 0 Å². The molecule has 9 heteroatoms. The molecule has 0 aliphatic carbocycles. The first kappa shape index (κ1) is 27.0. The van der Waals surface area contributed by atoms with Crippen LogP contribution in [0.25, 0.3) is 0 Å². The summed E-state index contributed by atoms with van der Waals surface area (Å²) in [6.45, 7) is 6.38. The van der Waals surface area contributed by atoms with Gasteiger partial charge >= 0.3 is 0 Å². The van der Waals surface area contributed by atoms with Crippen LogP contribution in [0.1, 0.15) is 36.8 Å². The van der Waals surface area contributed by atoms with E-state index in [0.717, 1.165) is 53.2 Å². The third kappa shape index (κ3) is 6.17. The van der Waals surface area contributed by atoms with Gasteiger partial charge in [-0.3, -0.25) is 9.69 Å². The van der Waals surface area contributed by atoms with E-state index in [9.17, 15) is 9.90 Å². The van der Waals surface area contributed by atoms with Crippen molar-refractivity contribution in [3.63, 3.8) is 0 Å². The lowest BCUT2D eigenvalue weighted by Gasteiger charge is -2.39. The Bertz CT molecular complexity index is 1130. The fraction of sp³-hybridized carbons (Fsp3) is 0.483. The van der Waals surface area contributed by atoms with Crippen molar-refractivity contribution >= 4 is 21.8 Å². The smallest absolute Gasteiger partial charge is 0.288 e. The van der Waals surface area contributed by atoms with Crippen LogP contribution in [-0.2, 0) is 20.8 Å². The van der Waals surface area contributed by atoms with Gasteiger partial charge in [-0.25, -0.2) is 0 Å². The van der Waals surface area contributed by atoms with Crippen LogP contribution in [0.4, 0.5) is 0 Å². The normalized spacial score (nSPS) is 23.2. The van der Waals surface area contributed by atoms with E-state index < -0.39 is 6.29 Å². The number of fused-ring (bicyclic) bond motifs is 1. The standard InChI is InChI=1S/C29H35BrN2O6/c1-2-35-29-23(4-3-15-33)24(21-6-8-22(30)9-7-21)17-27(38-29)28(34)32-13-11-31(12-14-32)18-20-5-10-25-26(16-20)37-19-36-25/h5-10,16-17,23-24,29,33H,2-4,11-15,18-19H2,1H3/t23-,24+,29+/m0/s1. The van der Waals surface area contributed by atoms with Gasteiger partial charge in [0, 0.05) is 62.2 Å². The topological polar surface area (TPSA) is 80.7 Å². The summed E-state index contributed by atoms with van der Waals surface area (Å²) in [7, 11) is 0. The number of rotatable bonds is 9. The van der Waals surface area contributed by atoms with Crippen LogP contribution in [0.3, 0.4) is 0 Å². The zero-order valence-electron chi connectivity index (χ0n) is 21.7. The number of hydrogen-bond acceptors (Lipinski definition) is 7. The lowest BCUT2D eigenvalue weighted by atomic mass is 9.80. The number of aliphatic hydroxyl groups is 1. The molecule has 8 nitrogen and oxygen atoms in total. The zero-order valence-corrected chi connectivity index (χ0v) is 23.3. The van der Waals surface area contributed by atoms with E-state index >= 15 is 0 Å². The molecule has 0 spiro atoms. The molecule has 0 unspecified atom stereocenters. The van der Waals surface area contributed by atoms with Gasteiger partial charge in [-0.05, 0) is 61.2 Å². The Morgan fingerprint density at radius 2 is 1.84 bits per heavy atom. The van der Waals surface area contributed by atoms with Gasteiger partial charge in [0.25, 0.3) is 5.91 Å². The number of aliphatic hydroxyl groups excluding tert-OH is 1. The van der Waals surface area contributed by atoms with E-state index in [-0.39, 0.29) is 31.1 Å². The second-order valence-corrected chi connectivity index (χ2v) is 10.8. The van der Waals surface area contributed by atoms with Gasteiger partial charge in [0.05, 0.1) is 0 Å². The van der Waals surface area contributed by atoms with Gasteiger partial charge in [0.15, 0.2) is 17.3 Å². The molecule has 204 valence electrons. The average Bonchev–Trinajstić information content (AvgIpc) is 3.41. The maximum Gasteiger partial charge on any atom is 0.288 e.